The largest absolute Gasteiger partial charge is 0.497 e. The van der Waals surface area contributed by atoms with Gasteiger partial charge in [0.1, 0.15) is 11.3 Å². The van der Waals surface area contributed by atoms with Crippen LogP contribution in [-0.2, 0) is 0 Å². The molecule has 1 heterocycles. The van der Waals surface area contributed by atoms with Gasteiger partial charge in [-0.05, 0) is 17.5 Å². The topological polar surface area (TPSA) is 61.3 Å². The van der Waals surface area contributed by atoms with E-state index < -0.39 is 0 Å². The van der Waals surface area contributed by atoms with E-state index in [9.17, 15) is 0 Å². The molecule has 0 saturated carbocycles. The lowest BCUT2D eigenvalue weighted by Gasteiger charge is -2.23. The summed E-state index contributed by atoms with van der Waals surface area (Å²) in [6.07, 6.45) is 0. The summed E-state index contributed by atoms with van der Waals surface area (Å²) in [6, 6.07) is 5.33. The Kier molecular flexibility index (Phi) is 2.83. The molecule has 1 aromatic carbocycles. The van der Waals surface area contributed by atoms with E-state index >= 15 is 0 Å². The third-order valence-electron chi connectivity index (χ3n) is 2.81. The van der Waals surface area contributed by atoms with Gasteiger partial charge in [-0.2, -0.15) is 0 Å². The summed E-state index contributed by atoms with van der Waals surface area (Å²) in [5, 5.41) is 0. The molecule has 17 heavy (non-hydrogen) atoms. The number of hydrogen-bond acceptors (Lipinski definition) is 4. The summed E-state index contributed by atoms with van der Waals surface area (Å²) in [7, 11) is 1.62. The van der Waals surface area contributed by atoms with Gasteiger partial charge in [0, 0.05) is 6.07 Å². The maximum atomic E-state index is 6.12. The molecular weight excluding hydrogens is 216 g/mol. The molecule has 4 heteroatoms. The molecule has 0 radical (unpaired) electrons. The summed E-state index contributed by atoms with van der Waals surface area (Å²) >= 11 is 0. The molecule has 92 valence electrons. The van der Waals surface area contributed by atoms with Crippen molar-refractivity contribution in [2.24, 2.45) is 11.1 Å². The van der Waals surface area contributed by atoms with E-state index in [0.717, 1.165) is 11.3 Å². The number of hydrogen-bond donors (Lipinski definition) is 1. The highest BCUT2D eigenvalue weighted by Gasteiger charge is 2.26. The Labute approximate surface area is 101 Å². The molecule has 1 atom stereocenters. The van der Waals surface area contributed by atoms with Crippen LogP contribution >= 0.6 is 0 Å². The molecule has 0 aliphatic heterocycles. The lowest BCUT2D eigenvalue weighted by molar-refractivity contribution is 0.282. The zero-order valence-electron chi connectivity index (χ0n) is 10.7. The van der Waals surface area contributed by atoms with Gasteiger partial charge < -0.3 is 14.9 Å². The van der Waals surface area contributed by atoms with Gasteiger partial charge in [-0.25, -0.2) is 4.98 Å². The molecule has 0 spiro atoms. The summed E-state index contributed by atoms with van der Waals surface area (Å²) in [6.45, 7) is 6.19. The highest BCUT2D eigenvalue weighted by molar-refractivity contribution is 5.74. The summed E-state index contributed by atoms with van der Waals surface area (Å²) in [5.41, 5.74) is 7.55. The number of fused-ring (bicyclic) bond motifs is 1. The van der Waals surface area contributed by atoms with Crippen LogP contribution in [0.25, 0.3) is 11.1 Å². The van der Waals surface area contributed by atoms with E-state index in [1.54, 1.807) is 7.11 Å². The van der Waals surface area contributed by atoms with E-state index in [1.807, 2.05) is 18.2 Å². The minimum absolute atomic E-state index is 0.0784. The lowest BCUT2D eigenvalue weighted by Crippen LogP contribution is -2.26. The first-order valence-corrected chi connectivity index (χ1v) is 5.62. The average Bonchev–Trinajstić information content (AvgIpc) is 2.68. The molecule has 0 aliphatic rings. The monoisotopic (exact) mass is 234 g/mol. The fourth-order valence-electron chi connectivity index (χ4n) is 1.55. The number of rotatable bonds is 2. The fraction of sp³-hybridized carbons (Fsp3) is 0.462. The minimum Gasteiger partial charge on any atom is -0.497 e. The van der Waals surface area contributed by atoms with E-state index in [1.165, 1.54) is 0 Å². The molecule has 0 fully saturated rings. The Hall–Kier alpha value is -1.55. The number of nitrogens with zero attached hydrogens (tertiary/aromatic N) is 1. The average molecular weight is 234 g/mol. The van der Waals surface area contributed by atoms with Crippen molar-refractivity contribution >= 4 is 11.1 Å². The highest BCUT2D eigenvalue weighted by Crippen LogP contribution is 2.32. The van der Waals surface area contributed by atoms with Crippen LogP contribution in [-0.4, -0.2) is 12.1 Å². The van der Waals surface area contributed by atoms with Crippen molar-refractivity contribution in [1.82, 2.24) is 4.98 Å². The van der Waals surface area contributed by atoms with Crippen LogP contribution in [0.4, 0.5) is 0 Å². The van der Waals surface area contributed by atoms with Crippen molar-refractivity contribution in [3.63, 3.8) is 0 Å². The predicted molar refractivity (Wildman–Crippen MR) is 66.9 cm³/mol. The van der Waals surface area contributed by atoms with Gasteiger partial charge in [-0.15, -0.1) is 0 Å². The fourth-order valence-corrected chi connectivity index (χ4v) is 1.55. The second kappa shape index (κ2) is 4.04. The first kappa shape index (κ1) is 11.9. The van der Waals surface area contributed by atoms with Crippen LogP contribution in [0, 0.1) is 5.41 Å². The van der Waals surface area contributed by atoms with Crippen molar-refractivity contribution in [2.75, 3.05) is 7.11 Å². The standard InChI is InChI=1S/C13H18N2O2/c1-13(2,3)11(14)12-15-9-6-5-8(16-4)7-10(9)17-12/h5-7,11H,14H2,1-4H3. The van der Waals surface area contributed by atoms with Gasteiger partial charge in [0.25, 0.3) is 0 Å². The van der Waals surface area contributed by atoms with Crippen molar-refractivity contribution in [2.45, 2.75) is 26.8 Å². The summed E-state index contributed by atoms with van der Waals surface area (Å²) in [5.74, 6) is 1.32. The maximum absolute atomic E-state index is 6.12. The number of benzene rings is 1. The van der Waals surface area contributed by atoms with E-state index in [4.69, 9.17) is 14.9 Å². The summed E-state index contributed by atoms with van der Waals surface area (Å²) in [4.78, 5) is 4.41. The second-order valence-corrected chi connectivity index (χ2v) is 5.23. The predicted octanol–water partition coefficient (Wildman–Crippen LogP) is 2.88. The summed E-state index contributed by atoms with van der Waals surface area (Å²) < 4.78 is 10.8. The number of nitrogens with two attached hydrogens (primary N) is 1. The number of oxazole rings is 1. The van der Waals surface area contributed by atoms with E-state index in [-0.39, 0.29) is 11.5 Å². The van der Waals surface area contributed by atoms with E-state index in [2.05, 4.69) is 25.8 Å². The van der Waals surface area contributed by atoms with Crippen molar-refractivity contribution < 1.29 is 9.15 Å². The van der Waals surface area contributed by atoms with Crippen molar-refractivity contribution in [3.05, 3.63) is 24.1 Å². The number of ether oxygens (including phenoxy) is 1. The van der Waals surface area contributed by atoms with Crippen LogP contribution in [0.1, 0.15) is 32.7 Å². The van der Waals surface area contributed by atoms with Crippen LogP contribution in [0.3, 0.4) is 0 Å². The Morgan fingerprint density at radius 2 is 2.06 bits per heavy atom. The third kappa shape index (κ3) is 2.26. The van der Waals surface area contributed by atoms with Gasteiger partial charge in [0.2, 0.25) is 5.89 Å². The normalized spacial score (nSPS) is 13.9. The van der Waals surface area contributed by atoms with Crippen LogP contribution in [0.5, 0.6) is 5.75 Å². The van der Waals surface area contributed by atoms with Gasteiger partial charge in [0.05, 0.1) is 13.2 Å². The molecule has 0 aliphatic carbocycles. The van der Waals surface area contributed by atoms with Gasteiger partial charge >= 0.3 is 0 Å². The Balaban J connectivity index is 2.44. The van der Waals surface area contributed by atoms with Crippen LogP contribution in [0.2, 0.25) is 0 Å². The molecule has 4 nitrogen and oxygen atoms in total. The maximum Gasteiger partial charge on any atom is 0.212 e. The van der Waals surface area contributed by atoms with E-state index in [0.29, 0.717) is 11.5 Å². The Morgan fingerprint density at radius 3 is 2.65 bits per heavy atom. The molecule has 1 unspecified atom stereocenters. The van der Waals surface area contributed by atoms with Crippen LogP contribution in [0.15, 0.2) is 22.6 Å². The zero-order chi connectivity index (χ0) is 12.6. The Morgan fingerprint density at radius 1 is 1.35 bits per heavy atom. The van der Waals surface area contributed by atoms with Gasteiger partial charge in [-0.3, -0.25) is 0 Å². The molecule has 2 rings (SSSR count). The highest BCUT2D eigenvalue weighted by atomic mass is 16.5. The van der Waals surface area contributed by atoms with Crippen molar-refractivity contribution in [3.8, 4) is 5.75 Å². The smallest absolute Gasteiger partial charge is 0.212 e. The first-order valence-electron chi connectivity index (χ1n) is 5.62. The quantitative estimate of drug-likeness (QED) is 0.867. The SMILES string of the molecule is COc1ccc2nc(C(N)C(C)(C)C)oc2c1. The second-order valence-electron chi connectivity index (χ2n) is 5.23. The molecule has 2 N–H and O–H groups in total. The number of aromatic nitrogens is 1. The van der Waals surface area contributed by atoms with Gasteiger partial charge in [-0.1, -0.05) is 20.8 Å². The van der Waals surface area contributed by atoms with Crippen molar-refractivity contribution in [1.29, 1.82) is 0 Å². The molecule has 2 aromatic rings. The Bertz CT molecular complexity index is 526. The van der Waals surface area contributed by atoms with Crippen LogP contribution < -0.4 is 10.5 Å². The lowest BCUT2D eigenvalue weighted by atomic mass is 9.87. The number of methoxy groups -OCH3 is 1. The molecule has 0 saturated heterocycles. The minimum atomic E-state index is -0.221. The third-order valence-corrected chi connectivity index (χ3v) is 2.81. The molecule has 0 amide bonds. The van der Waals surface area contributed by atoms with Gasteiger partial charge in [0.15, 0.2) is 5.58 Å². The molecular formula is C13H18N2O2. The zero-order valence-corrected chi connectivity index (χ0v) is 10.7. The first-order chi connectivity index (χ1) is 7.91. The molecule has 0 bridgehead atoms. The molecule has 1 aromatic heterocycles.